The lowest BCUT2D eigenvalue weighted by Gasteiger charge is -2.12. The van der Waals surface area contributed by atoms with Gasteiger partial charge in [-0.3, -0.25) is 0 Å². The molecular weight excluding hydrogens is 273 g/mol. The average Bonchev–Trinajstić information content (AvgIpc) is 2.54. The van der Waals surface area contributed by atoms with Crippen LogP contribution in [0.3, 0.4) is 0 Å². The molecule has 21 heavy (non-hydrogen) atoms. The smallest absolute Gasteiger partial charge is 0.129 e. The van der Waals surface area contributed by atoms with Gasteiger partial charge in [0, 0.05) is 11.1 Å². The molecule has 0 heterocycles. The second-order valence-corrected chi connectivity index (χ2v) is 4.34. The number of nitrogens with zero attached hydrogens (tertiary/aromatic N) is 1. The monoisotopic (exact) mass is 287 g/mol. The van der Waals surface area contributed by atoms with Gasteiger partial charge in [0.2, 0.25) is 0 Å². The fourth-order valence-corrected chi connectivity index (χ4v) is 1.86. The van der Waals surface area contributed by atoms with Crippen LogP contribution in [-0.2, 0) is 13.2 Å². The van der Waals surface area contributed by atoms with Crippen LogP contribution in [0.4, 0.5) is 4.39 Å². The lowest BCUT2D eigenvalue weighted by Crippen LogP contribution is -2.02. The summed E-state index contributed by atoms with van der Waals surface area (Å²) < 4.78 is 24.2. The lowest BCUT2D eigenvalue weighted by molar-refractivity contribution is 0.256. The van der Waals surface area contributed by atoms with E-state index in [9.17, 15) is 9.50 Å². The number of ether oxygens (including phenoxy) is 2. The van der Waals surface area contributed by atoms with Crippen molar-refractivity contribution in [3.05, 3.63) is 58.9 Å². The van der Waals surface area contributed by atoms with Crippen molar-refractivity contribution in [1.29, 1.82) is 5.26 Å². The number of hydrogen-bond donors (Lipinski definition) is 1. The molecule has 2 rings (SSSR count). The lowest BCUT2D eigenvalue weighted by atomic mass is 10.1. The molecule has 5 heteroatoms. The molecule has 0 aliphatic carbocycles. The van der Waals surface area contributed by atoms with Gasteiger partial charge in [-0.15, -0.1) is 0 Å². The highest BCUT2D eigenvalue weighted by molar-refractivity contribution is 5.40. The zero-order valence-corrected chi connectivity index (χ0v) is 11.5. The van der Waals surface area contributed by atoms with E-state index in [-0.39, 0.29) is 18.8 Å². The second kappa shape index (κ2) is 6.73. The van der Waals surface area contributed by atoms with Crippen LogP contribution >= 0.6 is 0 Å². The van der Waals surface area contributed by atoms with E-state index in [2.05, 4.69) is 0 Å². The Morgan fingerprint density at radius 2 is 2.00 bits per heavy atom. The summed E-state index contributed by atoms with van der Waals surface area (Å²) in [5, 5.41) is 18.1. The number of benzene rings is 2. The summed E-state index contributed by atoms with van der Waals surface area (Å²) in [4.78, 5) is 0. The largest absolute Gasteiger partial charge is 0.497 e. The second-order valence-electron chi connectivity index (χ2n) is 4.34. The van der Waals surface area contributed by atoms with Crippen molar-refractivity contribution < 1.29 is 19.0 Å². The summed E-state index contributed by atoms with van der Waals surface area (Å²) in [6, 6.07) is 11.0. The van der Waals surface area contributed by atoms with Crippen molar-refractivity contribution in [2.24, 2.45) is 0 Å². The van der Waals surface area contributed by atoms with Gasteiger partial charge in [0.25, 0.3) is 0 Å². The number of rotatable bonds is 5. The van der Waals surface area contributed by atoms with Crippen molar-refractivity contribution >= 4 is 0 Å². The zero-order valence-electron chi connectivity index (χ0n) is 11.5. The van der Waals surface area contributed by atoms with Crippen molar-refractivity contribution in [2.75, 3.05) is 7.11 Å². The Morgan fingerprint density at radius 1 is 1.19 bits per heavy atom. The average molecular weight is 287 g/mol. The van der Waals surface area contributed by atoms with Crippen LogP contribution in [0.2, 0.25) is 0 Å². The van der Waals surface area contributed by atoms with Crippen LogP contribution < -0.4 is 9.47 Å². The topological polar surface area (TPSA) is 62.5 Å². The minimum absolute atomic E-state index is 0.0271. The first-order valence-electron chi connectivity index (χ1n) is 6.27. The standard InChI is InChI=1S/C16H14FNO3/c1-20-14-3-5-16(12(7-14)9-19)21-10-13-6-11(8-18)2-4-15(13)17/h2-7,19H,9-10H2,1H3. The Bertz CT molecular complexity index is 680. The van der Waals surface area contributed by atoms with Gasteiger partial charge in [-0.1, -0.05) is 0 Å². The van der Waals surface area contributed by atoms with Gasteiger partial charge in [0.05, 0.1) is 25.3 Å². The molecule has 2 aromatic carbocycles. The summed E-state index contributed by atoms with van der Waals surface area (Å²) in [5.74, 6) is 0.608. The van der Waals surface area contributed by atoms with E-state index in [1.165, 1.54) is 25.3 Å². The van der Waals surface area contributed by atoms with Crippen LogP contribution in [0.5, 0.6) is 11.5 Å². The van der Waals surface area contributed by atoms with E-state index in [0.717, 1.165) is 0 Å². The molecule has 0 radical (unpaired) electrons. The highest BCUT2D eigenvalue weighted by atomic mass is 19.1. The quantitative estimate of drug-likeness (QED) is 0.918. The number of aliphatic hydroxyl groups excluding tert-OH is 1. The summed E-state index contributed by atoms with van der Waals surface area (Å²) in [5.41, 5.74) is 1.20. The molecular formula is C16H14FNO3. The molecule has 0 aliphatic rings. The molecule has 2 aromatic rings. The number of hydrogen-bond acceptors (Lipinski definition) is 4. The van der Waals surface area contributed by atoms with E-state index in [0.29, 0.717) is 22.6 Å². The first kappa shape index (κ1) is 14.8. The van der Waals surface area contributed by atoms with Gasteiger partial charge in [-0.2, -0.15) is 5.26 Å². The normalized spacial score (nSPS) is 10.0. The Hall–Kier alpha value is -2.58. The fraction of sp³-hybridized carbons (Fsp3) is 0.188. The molecule has 1 N–H and O–H groups in total. The highest BCUT2D eigenvalue weighted by Crippen LogP contribution is 2.25. The van der Waals surface area contributed by atoms with Gasteiger partial charge in [-0.05, 0) is 36.4 Å². The van der Waals surface area contributed by atoms with Crippen molar-refractivity contribution in [2.45, 2.75) is 13.2 Å². The van der Waals surface area contributed by atoms with Crippen molar-refractivity contribution in [3.8, 4) is 17.6 Å². The third-order valence-electron chi connectivity index (χ3n) is 3.00. The Balaban J connectivity index is 2.18. The number of aliphatic hydroxyl groups is 1. The van der Waals surface area contributed by atoms with Gasteiger partial charge in [0.1, 0.15) is 23.9 Å². The van der Waals surface area contributed by atoms with Gasteiger partial charge in [-0.25, -0.2) is 4.39 Å². The first-order valence-corrected chi connectivity index (χ1v) is 6.27. The first-order chi connectivity index (χ1) is 10.2. The minimum atomic E-state index is -0.437. The molecule has 0 saturated carbocycles. The minimum Gasteiger partial charge on any atom is -0.497 e. The van der Waals surface area contributed by atoms with Crippen LogP contribution in [0.25, 0.3) is 0 Å². The van der Waals surface area contributed by atoms with Gasteiger partial charge in [0.15, 0.2) is 0 Å². The van der Waals surface area contributed by atoms with E-state index in [4.69, 9.17) is 14.7 Å². The molecule has 4 nitrogen and oxygen atoms in total. The van der Waals surface area contributed by atoms with Crippen LogP contribution in [0, 0.1) is 17.1 Å². The van der Waals surface area contributed by atoms with E-state index >= 15 is 0 Å². The van der Waals surface area contributed by atoms with Crippen molar-refractivity contribution in [1.82, 2.24) is 0 Å². The summed E-state index contributed by atoms with van der Waals surface area (Å²) in [7, 11) is 1.53. The molecule has 0 atom stereocenters. The molecule has 0 aromatic heterocycles. The molecule has 108 valence electrons. The maximum absolute atomic E-state index is 13.7. The summed E-state index contributed by atoms with van der Waals surface area (Å²) in [6.45, 7) is -0.242. The van der Waals surface area contributed by atoms with Gasteiger partial charge < -0.3 is 14.6 Å². The maximum atomic E-state index is 13.7. The Morgan fingerprint density at radius 3 is 2.67 bits per heavy atom. The molecule has 0 aliphatic heterocycles. The zero-order chi connectivity index (χ0) is 15.2. The molecule has 0 bridgehead atoms. The molecule has 0 fully saturated rings. The van der Waals surface area contributed by atoms with Crippen LogP contribution in [0.15, 0.2) is 36.4 Å². The van der Waals surface area contributed by atoms with E-state index in [1.54, 1.807) is 18.2 Å². The number of nitriles is 1. The molecule has 0 spiro atoms. The highest BCUT2D eigenvalue weighted by Gasteiger charge is 2.08. The van der Waals surface area contributed by atoms with Crippen LogP contribution in [0.1, 0.15) is 16.7 Å². The Kier molecular flexibility index (Phi) is 4.75. The van der Waals surface area contributed by atoms with Crippen molar-refractivity contribution in [3.63, 3.8) is 0 Å². The third-order valence-corrected chi connectivity index (χ3v) is 3.00. The molecule has 0 unspecified atom stereocenters. The number of halogens is 1. The predicted molar refractivity (Wildman–Crippen MR) is 74.4 cm³/mol. The van der Waals surface area contributed by atoms with E-state index in [1.807, 2.05) is 6.07 Å². The predicted octanol–water partition coefficient (Wildman–Crippen LogP) is 2.78. The van der Waals surface area contributed by atoms with Gasteiger partial charge >= 0.3 is 0 Å². The summed E-state index contributed by atoms with van der Waals surface area (Å²) in [6.07, 6.45) is 0. The fourth-order valence-electron chi connectivity index (χ4n) is 1.86. The molecule has 0 saturated heterocycles. The maximum Gasteiger partial charge on any atom is 0.129 e. The third kappa shape index (κ3) is 3.50. The van der Waals surface area contributed by atoms with E-state index < -0.39 is 5.82 Å². The van der Waals surface area contributed by atoms with Crippen LogP contribution in [-0.4, -0.2) is 12.2 Å². The number of methoxy groups -OCH3 is 1. The Labute approximate surface area is 122 Å². The molecule has 0 amide bonds. The SMILES string of the molecule is COc1ccc(OCc2cc(C#N)ccc2F)c(CO)c1. The summed E-state index contributed by atoms with van der Waals surface area (Å²) >= 11 is 0.